The monoisotopic (exact) mass is 423 g/mol. The number of nitrogens with one attached hydrogen (secondary N) is 2. The van der Waals surface area contributed by atoms with Gasteiger partial charge in [0.1, 0.15) is 5.82 Å². The molecule has 0 saturated heterocycles. The maximum absolute atomic E-state index is 13.8. The predicted octanol–water partition coefficient (Wildman–Crippen LogP) is 3.48. The molecule has 9 heteroatoms. The van der Waals surface area contributed by atoms with Gasteiger partial charge in [0.15, 0.2) is 0 Å². The van der Waals surface area contributed by atoms with Crippen molar-refractivity contribution in [2.24, 2.45) is 0 Å². The van der Waals surface area contributed by atoms with Crippen LogP contribution in [0.25, 0.3) is 0 Å². The quantitative estimate of drug-likeness (QED) is 0.567. The molecule has 7 nitrogen and oxygen atoms in total. The summed E-state index contributed by atoms with van der Waals surface area (Å²) in [7, 11) is 0. The van der Waals surface area contributed by atoms with Gasteiger partial charge in [-0.15, -0.1) is 0 Å². The highest BCUT2D eigenvalue weighted by Gasteiger charge is 2.19. The normalized spacial score (nSPS) is 10.3. The number of carbonyl (C=O) groups excluding carboxylic acids is 2. The van der Waals surface area contributed by atoms with Gasteiger partial charge in [-0.2, -0.15) is 0 Å². The SMILES string of the molecule is Cc1cc(Br)ccc1NC(=O)CNC(=O)c1cc(F)c(C)c([N+](=O)[O-])c1. The molecule has 0 radical (unpaired) electrons. The number of anilines is 1. The number of aryl methyl sites for hydroxylation is 1. The smallest absolute Gasteiger partial charge is 0.276 e. The van der Waals surface area contributed by atoms with Crippen LogP contribution in [0, 0.1) is 29.8 Å². The summed E-state index contributed by atoms with van der Waals surface area (Å²) >= 11 is 3.32. The van der Waals surface area contributed by atoms with Crippen molar-refractivity contribution in [3.8, 4) is 0 Å². The molecule has 0 fully saturated rings. The summed E-state index contributed by atoms with van der Waals surface area (Å²) in [6.07, 6.45) is 0. The molecule has 136 valence electrons. The number of nitro groups is 1. The fraction of sp³-hybridized carbons (Fsp3) is 0.176. The molecular formula is C17H15BrFN3O4. The van der Waals surface area contributed by atoms with Crippen molar-refractivity contribution in [2.75, 3.05) is 11.9 Å². The molecule has 2 rings (SSSR count). The van der Waals surface area contributed by atoms with Gasteiger partial charge in [0.05, 0.1) is 17.0 Å². The molecule has 0 aliphatic heterocycles. The van der Waals surface area contributed by atoms with Crippen LogP contribution in [-0.2, 0) is 4.79 Å². The lowest BCUT2D eigenvalue weighted by Gasteiger charge is -2.10. The van der Waals surface area contributed by atoms with E-state index in [1.807, 2.05) is 13.0 Å². The topological polar surface area (TPSA) is 101 Å². The maximum Gasteiger partial charge on any atom is 0.276 e. The minimum atomic E-state index is -0.862. The number of hydrogen-bond donors (Lipinski definition) is 2. The van der Waals surface area contributed by atoms with Gasteiger partial charge in [-0.3, -0.25) is 19.7 Å². The van der Waals surface area contributed by atoms with Crippen LogP contribution in [-0.4, -0.2) is 23.3 Å². The first-order valence-electron chi connectivity index (χ1n) is 7.47. The van der Waals surface area contributed by atoms with Crippen molar-refractivity contribution in [1.29, 1.82) is 0 Å². The van der Waals surface area contributed by atoms with E-state index >= 15 is 0 Å². The molecule has 0 atom stereocenters. The third-order valence-corrected chi connectivity index (χ3v) is 4.14. The van der Waals surface area contributed by atoms with E-state index in [1.54, 1.807) is 12.1 Å². The van der Waals surface area contributed by atoms with E-state index in [2.05, 4.69) is 26.6 Å². The first-order valence-corrected chi connectivity index (χ1v) is 8.27. The van der Waals surface area contributed by atoms with E-state index in [9.17, 15) is 24.1 Å². The second-order valence-electron chi connectivity index (χ2n) is 5.55. The minimum Gasteiger partial charge on any atom is -0.343 e. The zero-order valence-electron chi connectivity index (χ0n) is 13.9. The lowest BCUT2D eigenvalue weighted by Crippen LogP contribution is -2.33. The van der Waals surface area contributed by atoms with Crippen molar-refractivity contribution < 1.29 is 18.9 Å². The summed E-state index contributed by atoms with van der Waals surface area (Å²) in [5.74, 6) is -2.13. The van der Waals surface area contributed by atoms with Crippen molar-refractivity contribution in [2.45, 2.75) is 13.8 Å². The first kappa shape index (κ1) is 19.5. The summed E-state index contributed by atoms with van der Waals surface area (Å²) in [5.41, 5.74) is 0.535. The molecule has 2 aromatic rings. The van der Waals surface area contributed by atoms with E-state index in [1.165, 1.54) is 6.92 Å². The van der Waals surface area contributed by atoms with Crippen LogP contribution in [0.2, 0.25) is 0 Å². The Balaban J connectivity index is 2.04. The number of carbonyl (C=O) groups is 2. The Bertz CT molecular complexity index is 902. The van der Waals surface area contributed by atoms with E-state index < -0.39 is 28.2 Å². The van der Waals surface area contributed by atoms with Crippen molar-refractivity contribution in [3.05, 3.63) is 67.4 Å². The lowest BCUT2D eigenvalue weighted by molar-refractivity contribution is -0.385. The van der Waals surface area contributed by atoms with Crippen molar-refractivity contribution >= 4 is 39.1 Å². The highest BCUT2D eigenvalue weighted by Crippen LogP contribution is 2.23. The summed E-state index contributed by atoms with van der Waals surface area (Å²) in [6.45, 7) is 2.70. The second-order valence-corrected chi connectivity index (χ2v) is 6.47. The number of nitro benzene ring substituents is 1. The van der Waals surface area contributed by atoms with Gasteiger partial charge < -0.3 is 10.6 Å². The van der Waals surface area contributed by atoms with E-state index in [-0.39, 0.29) is 17.7 Å². The third-order valence-electron chi connectivity index (χ3n) is 3.65. The summed E-state index contributed by atoms with van der Waals surface area (Å²) in [5, 5.41) is 15.9. The van der Waals surface area contributed by atoms with Gasteiger partial charge in [-0.05, 0) is 43.7 Å². The molecular weight excluding hydrogens is 409 g/mol. The second kappa shape index (κ2) is 8.05. The molecule has 0 aliphatic rings. The molecule has 0 unspecified atom stereocenters. The molecule has 0 aromatic heterocycles. The lowest BCUT2D eigenvalue weighted by atomic mass is 10.1. The Morgan fingerprint density at radius 2 is 1.92 bits per heavy atom. The van der Waals surface area contributed by atoms with Gasteiger partial charge in [0.25, 0.3) is 11.6 Å². The summed E-state index contributed by atoms with van der Waals surface area (Å²) in [4.78, 5) is 34.2. The molecule has 0 saturated carbocycles. The fourth-order valence-electron chi connectivity index (χ4n) is 2.21. The van der Waals surface area contributed by atoms with E-state index in [0.717, 1.165) is 22.2 Å². The van der Waals surface area contributed by atoms with Crippen molar-refractivity contribution in [3.63, 3.8) is 0 Å². The molecule has 0 spiro atoms. The summed E-state index contributed by atoms with van der Waals surface area (Å²) < 4.78 is 14.6. The Hall–Kier alpha value is -2.81. The molecule has 0 heterocycles. The first-order chi connectivity index (χ1) is 12.2. The number of hydrogen-bond acceptors (Lipinski definition) is 4. The van der Waals surface area contributed by atoms with Gasteiger partial charge >= 0.3 is 0 Å². The van der Waals surface area contributed by atoms with Gasteiger partial charge in [-0.25, -0.2) is 4.39 Å². The van der Waals surface area contributed by atoms with Crippen LogP contribution < -0.4 is 10.6 Å². The standard InChI is InChI=1S/C17H15BrFN3O4/c1-9-5-12(18)3-4-14(9)21-16(23)8-20-17(24)11-6-13(19)10(2)15(7-11)22(25)26/h3-7H,8H2,1-2H3,(H,20,24)(H,21,23). The molecule has 0 bridgehead atoms. The summed E-state index contributed by atoms with van der Waals surface area (Å²) in [6, 6.07) is 7.16. The number of halogens is 2. The Morgan fingerprint density at radius 1 is 1.23 bits per heavy atom. The van der Waals surface area contributed by atoms with Crippen LogP contribution in [0.15, 0.2) is 34.8 Å². The highest BCUT2D eigenvalue weighted by atomic mass is 79.9. The largest absolute Gasteiger partial charge is 0.343 e. The molecule has 2 aromatic carbocycles. The fourth-order valence-corrected chi connectivity index (χ4v) is 2.68. The highest BCUT2D eigenvalue weighted by molar-refractivity contribution is 9.10. The number of amides is 2. The molecule has 2 amide bonds. The van der Waals surface area contributed by atoms with Crippen LogP contribution in [0.3, 0.4) is 0 Å². The van der Waals surface area contributed by atoms with Crippen LogP contribution >= 0.6 is 15.9 Å². The average Bonchev–Trinajstić information content (AvgIpc) is 2.57. The predicted molar refractivity (Wildman–Crippen MR) is 97.6 cm³/mol. The van der Waals surface area contributed by atoms with Gasteiger partial charge in [-0.1, -0.05) is 15.9 Å². The van der Waals surface area contributed by atoms with Gasteiger partial charge in [0, 0.05) is 21.8 Å². The van der Waals surface area contributed by atoms with Crippen molar-refractivity contribution in [1.82, 2.24) is 5.32 Å². The van der Waals surface area contributed by atoms with Gasteiger partial charge in [0.2, 0.25) is 5.91 Å². The number of rotatable bonds is 5. The molecule has 0 aliphatic carbocycles. The minimum absolute atomic E-state index is 0.157. The van der Waals surface area contributed by atoms with Crippen LogP contribution in [0.4, 0.5) is 15.8 Å². The Kier molecular flexibility index (Phi) is 6.04. The number of nitrogens with zero attached hydrogens (tertiary/aromatic N) is 1. The van der Waals surface area contributed by atoms with E-state index in [0.29, 0.717) is 5.69 Å². The van der Waals surface area contributed by atoms with E-state index in [4.69, 9.17) is 0 Å². The molecule has 26 heavy (non-hydrogen) atoms. The maximum atomic E-state index is 13.8. The Labute approximate surface area is 156 Å². The zero-order chi connectivity index (χ0) is 19.4. The zero-order valence-corrected chi connectivity index (χ0v) is 15.5. The third kappa shape index (κ3) is 4.63. The average molecular weight is 424 g/mol. The number of benzene rings is 2. The molecule has 2 N–H and O–H groups in total. The Morgan fingerprint density at radius 3 is 2.54 bits per heavy atom. The van der Waals surface area contributed by atoms with Crippen LogP contribution in [0.5, 0.6) is 0 Å². The van der Waals surface area contributed by atoms with Crippen LogP contribution in [0.1, 0.15) is 21.5 Å².